The van der Waals surface area contributed by atoms with E-state index in [4.69, 9.17) is 10.00 Å². The van der Waals surface area contributed by atoms with E-state index in [1.165, 1.54) is 19.3 Å². The number of pyridine rings is 1. The molecule has 1 heterocycles. The fourth-order valence-electron chi connectivity index (χ4n) is 2.45. The van der Waals surface area contributed by atoms with Gasteiger partial charge in [0.25, 0.3) is 0 Å². The Morgan fingerprint density at radius 1 is 1.16 bits per heavy atom. The number of amides is 2. The monoisotopic (exact) mass is 336 g/mol. The number of ether oxygens (including phenoxy) is 1. The molecule has 0 radical (unpaired) electrons. The van der Waals surface area contributed by atoms with Crippen LogP contribution < -0.4 is 15.4 Å². The van der Waals surface area contributed by atoms with Crippen LogP contribution in [0.25, 0.3) is 0 Å². The third-order valence-corrected chi connectivity index (χ3v) is 4.04. The molecule has 2 aromatic rings. The van der Waals surface area contributed by atoms with Crippen LogP contribution in [-0.4, -0.2) is 23.8 Å². The van der Waals surface area contributed by atoms with E-state index >= 15 is 0 Å². The number of carbonyl (C=O) groups excluding carboxylic acids is 2. The van der Waals surface area contributed by atoms with Crippen molar-refractivity contribution in [3.05, 3.63) is 48.3 Å². The van der Waals surface area contributed by atoms with Gasteiger partial charge in [0.2, 0.25) is 11.8 Å². The lowest BCUT2D eigenvalue weighted by Crippen LogP contribution is -2.38. The molecule has 3 rings (SSSR count). The largest absolute Gasteiger partial charge is 0.457 e. The average molecular weight is 336 g/mol. The molecule has 2 amide bonds. The number of nitrogens with zero attached hydrogens (tertiary/aromatic N) is 2. The van der Waals surface area contributed by atoms with E-state index in [0.29, 0.717) is 30.0 Å². The van der Waals surface area contributed by atoms with Crippen molar-refractivity contribution in [2.45, 2.75) is 12.8 Å². The van der Waals surface area contributed by atoms with Crippen LogP contribution in [0.1, 0.15) is 18.5 Å². The maximum absolute atomic E-state index is 12.3. The minimum atomic E-state index is -0.936. The summed E-state index contributed by atoms with van der Waals surface area (Å²) in [4.78, 5) is 28.0. The first-order chi connectivity index (χ1) is 12.1. The molecule has 0 spiro atoms. The number of aromatic nitrogens is 1. The van der Waals surface area contributed by atoms with Crippen LogP contribution in [0.4, 0.5) is 5.69 Å². The number of rotatable bonds is 5. The van der Waals surface area contributed by atoms with Gasteiger partial charge >= 0.3 is 0 Å². The topological polar surface area (TPSA) is 104 Å². The number of hydrogen-bond donors (Lipinski definition) is 2. The van der Waals surface area contributed by atoms with Gasteiger partial charge < -0.3 is 15.4 Å². The van der Waals surface area contributed by atoms with Gasteiger partial charge in [0.15, 0.2) is 0 Å². The number of anilines is 1. The molecular weight excluding hydrogens is 320 g/mol. The first-order valence-electron chi connectivity index (χ1n) is 7.75. The van der Waals surface area contributed by atoms with Crippen LogP contribution in [0.3, 0.4) is 0 Å². The van der Waals surface area contributed by atoms with Crippen molar-refractivity contribution in [3.8, 4) is 17.6 Å². The first kappa shape index (κ1) is 16.5. The number of benzene rings is 1. The van der Waals surface area contributed by atoms with Gasteiger partial charge in [-0.3, -0.25) is 9.59 Å². The molecule has 25 heavy (non-hydrogen) atoms. The molecule has 1 saturated carbocycles. The van der Waals surface area contributed by atoms with Gasteiger partial charge in [-0.15, -0.1) is 0 Å². The second kappa shape index (κ2) is 6.61. The third kappa shape index (κ3) is 3.43. The number of nitrogens with one attached hydrogen (secondary N) is 2. The number of hydrogen-bond acceptors (Lipinski definition) is 5. The standard InChI is InChI=1S/C18H16N4O3/c1-20-16(23)18(7-8-18)17(24)22-12-2-4-14(5-3-12)25-15-6-9-21-13(10-15)11-19/h2-6,9-10H,7-8H2,1H3,(H,20,23)(H,22,24). The van der Waals surface area contributed by atoms with Gasteiger partial charge in [0.1, 0.15) is 28.7 Å². The number of carbonyl (C=O) groups is 2. The summed E-state index contributed by atoms with van der Waals surface area (Å²) in [5.41, 5.74) is -0.0837. The fourth-order valence-corrected chi connectivity index (χ4v) is 2.45. The lowest BCUT2D eigenvalue weighted by molar-refractivity contribution is -0.134. The Labute approximate surface area is 144 Å². The Kier molecular flexibility index (Phi) is 4.35. The summed E-state index contributed by atoms with van der Waals surface area (Å²) in [5.74, 6) is 0.504. The summed E-state index contributed by atoms with van der Waals surface area (Å²) >= 11 is 0. The van der Waals surface area contributed by atoms with E-state index in [-0.39, 0.29) is 17.5 Å². The van der Waals surface area contributed by atoms with Crippen LogP contribution in [0.15, 0.2) is 42.6 Å². The molecule has 0 unspecified atom stereocenters. The summed E-state index contributed by atoms with van der Waals surface area (Å²) < 4.78 is 5.65. The molecule has 7 heteroatoms. The highest BCUT2D eigenvalue weighted by Gasteiger charge is 2.56. The van der Waals surface area contributed by atoms with Crippen LogP contribution in [0.2, 0.25) is 0 Å². The van der Waals surface area contributed by atoms with Crippen molar-refractivity contribution in [2.24, 2.45) is 5.41 Å². The zero-order chi connectivity index (χ0) is 17.9. The normalized spacial score (nSPS) is 14.1. The highest BCUT2D eigenvalue weighted by molar-refractivity contribution is 6.12. The third-order valence-electron chi connectivity index (χ3n) is 4.04. The van der Waals surface area contributed by atoms with Gasteiger partial charge in [0.05, 0.1) is 0 Å². The molecule has 1 aromatic carbocycles. The lowest BCUT2D eigenvalue weighted by Gasteiger charge is -2.14. The molecule has 0 saturated heterocycles. The van der Waals surface area contributed by atoms with E-state index in [0.717, 1.165) is 0 Å². The van der Waals surface area contributed by atoms with Gasteiger partial charge in [-0.25, -0.2) is 4.98 Å². The summed E-state index contributed by atoms with van der Waals surface area (Å²) in [7, 11) is 1.53. The second-order valence-electron chi connectivity index (χ2n) is 5.73. The van der Waals surface area contributed by atoms with Crippen LogP contribution in [-0.2, 0) is 9.59 Å². The van der Waals surface area contributed by atoms with Crippen molar-refractivity contribution in [1.82, 2.24) is 10.3 Å². The Balaban J connectivity index is 1.65. The maximum atomic E-state index is 12.3. The molecule has 1 aliphatic rings. The molecular formula is C18H16N4O3. The lowest BCUT2D eigenvalue weighted by atomic mass is 10.1. The Hall–Kier alpha value is -3.40. The van der Waals surface area contributed by atoms with Crippen molar-refractivity contribution >= 4 is 17.5 Å². The highest BCUT2D eigenvalue weighted by Crippen LogP contribution is 2.46. The predicted octanol–water partition coefficient (Wildman–Crippen LogP) is 2.21. The second-order valence-corrected chi connectivity index (χ2v) is 5.73. The molecule has 7 nitrogen and oxygen atoms in total. The van der Waals surface area contributed by atoms with Crippen molar-refractivity contribution in [3.63, 3.8) is 0 Å². The molecule has 0 atom stereocenters. The van der Waals surface area contributed by atoms with Crippen molar-refractivity contribution < 1.29 is 14.3 Å². The Morgan fingerprint density at radius 3 is 2.48 bits per heavy atom. The molecule has 2 N–H and O–H groups in total. The summed E-state index contributed by atoms with van der Waals surface area (Å²) in [6.07, 6.45) is 2.61. The summed E-state index contributed by atoms with van der Waals surface area (Å²) in [6, 6.07) is 11.9. The zero-order valence-electron chi connectivity index (χ0n) is 13.6. The van der Waals surface area contributed by atoms with Gasteiger partial charge in [-0.2, -0.15) is 5.26 Å². The van der Waals surface area contributed by atoms with E-state index < -0.39 is 5.41 Å². The van der Waals surface area contributed by atoms with Gasteiger partial charge in [-0.1, -0.05) is 0 Å². The minimum Gasteiger partial charge on any atom is -0.457 e. The molecule has 1 fully saturated rings. The van der Waals surface area contributed by atoms with E-state index in [2.05, 4.69) is 15.6 Å². The highest BCUT2D eigenvalue weighted by atomic mass is 16.5. The fraction of sp³-hybridized carbons (Fsp3) is 0.222. The predicted molar refractivity (Wildman–Crippen MR) is 89.8 cm³/mol. The van der Waals surface area contributed by atoms with E-state index in [9.17, 15) is 9.59 Å². The Morgan fingerprint density at radius 2 is 1.88 bits per heavy atom. The Bertz CT molecular complexity index is 851. The molecule has 126 valence electrons. The zero-order valence-corrected chi connectivity index (χ0v) is 13.6. The van der Waals surface area contributed by atoms with Crippen LogP contribution >= 0.6 is 0 Å². The van der Waals surface area contributed by atoms with E-state index in [1.807, 2.05) is 6.07 Å². The summed E-state index contributed by atoms with van der Waals surface area (Å²) in [6.45, 7) is 0. The average Bonchev–Trinajstić information content (AvgIpc) is 3.45. The molecule has 0 aliphatic heterocycles. The quantitative estimate of drug-likeness (QED) is 0.815. The number of nitriles is 1. The van der Waals surface area contributed by atoms with Gasteiger partial charge in [-0.05, 0) is 43.2 Å². The van der Waals surface area contributed by atoms with Crippen molar-refractivity contribution in [2.75, 3.05) is 12.4 Å². The SMILES string of the molecule is CNC(=O)C1(C(=O)Nc2ccc(Oc3ccnc(C#N)c3)cc2)CC1. The van der Waals surface area contributed by atoms with E-state index in [1.54, 1.807) is 30.3 Å². The van der Waals surface area contributed by atoms with Crippen LogP contribution in [0, 0.1) is 16.7 Å². The van der Waals surface area contributed by atoms with Crippen molar-refractivity contribution in [1.29, 1.82) is 5.26 Å². The van der Waals surface area contributed by atoms with Crippen LogP contribution in [0.5, 0.6) is 11.5 Å². The smallest absolute Gasteiger partial charge is 0.240 e. The molecule has 1 aromatic heterocycles. The molecule has 1 aliphatic carbocycles. The first-order valence-corrected chi connectivity index (χ1v) is 7.75. The van der Waals surface area contributed by atoms with Gasteiger partial charge in [0, 0.05) is 25.0 Å². The maximum Gasteiger partial charge on any atom is 0.240 e. The molecule has 0 bridgehead atoms. The summed E-state index contributed by atoms with van der Waals surface area (Å²) in [5, 5.41) is 14.1. The minimum absolute atomic E-state index is 0.254.